The Kier molecular flexibility index (Phi) is 40.4. The molecule has 0 N–H and O–H groups in total. The highest BCUT2D eigenvalue weighted by atomic mass is 16.6. The fourth-order valence-electron chi connectivity index (χ4n) is 7.38. The van der Waals surface area contributed by atoms with Crippen molar-refractivity contribution >= 4 is 17.9 Å². The highest BCUT2D eigenvalue weighted by Gasteiger charge is 2.19. The fourth-order valence-corrected chi connectivity index (χ4v) is 7.38. The lowest BCUT2D eigenvalue weighted by molar-refractivity contribution is -0.167. The third kappa shape index (κ3) is 42.0. The lowest BCUT2D eigenvalue weighted by Gasteiger charge is -2.18. The summed E-state index contributed by atoms with van der Waals surface area (Å²) in [6.07, 6.45) is 39.5. The molecular formula is C50H96O6. The molecule has 0 heterocycles. The Hall–Kier alpha value is -1.59. The lowest BCUT2D eigenvalue weighted by Crippen LogP contribution is -2.30. The zero-order chi connectivity index (χ0) is 41.3. The molecule has 0 aliphatic rings. The first-order valence-electron chi connectivity index (χ1n) is 24.6. The van der Waals surface area contributed by atoms with Crippen molar-refractivity contribution in [3.8, 4) is 0 Å². The number of hydrogen-bond donors (Lipinski definition) is 0. The van der Waals surface area contributed by atoms with E-state index < -0.39 is 6.10 Å². The molecule has 332 valence electrons. The molecule has 0 aromatic carbocycles. The van der Waals surface area contributed by atoms with E-state index in [2.05, 4.69) is 41.5 Å². The molecule has 0 aliphatic carbocycles. The topological polar surface area (TPSA) is 78.9 Å². The molecule has 0 fully saturated rings. The normalized spacial score (nSPS) is 12.6. The molecule has 0 spiro atoms. The van der Waals surface area contributed by atoms with Gasteiger partial charge in [-0.25, -0.2) is 0 Å². The second-order valence-corrected chi connectivity index (χ2v) is 18.3. The van der Waals surface area contributed by atoms with E-state index in [0.717, 1.165) is 75.5 Å². The molecule has 0 radical (unpaired) electrons. The van der Waals surface area contributed by atoms with E-state index in [0.29, 0.717) is 19.3 Å². The van der Waals surface area contributed by atoms with Gasteiger partial charge >= 0.3 is 17.9 Å². The van der Waals surface area contributed by atoms with Crippen LogP contribution in [0.5, 0.6) is 0 Å². The second kappa shape index (κ2) is 41.6. The number of hydrogen-bond acceptors (Lipinski definition) is 6. The van der Waals surface area contributed by atoms with E-state index in [4.69, 9.17) is 14.2 Å². The van der Waals surface area contributed by atoms with Gasteiger partial charge in [0.25, 0.3) is 0 Å². The van der Waals surface area contributed by atoms with Crippen molar-refractivity contribution in [2.75, 3.05) is 13.2 Å². The summed E-state index contributed by atoms with van der Waals surface area (Å²) in [6.45, 7) is 13.7. The number of esters is 3. The first-order valence-corrected chi connectivity index (χ1v) is 24.6. The lowest BCUT2D eigenvalue weighted by atomic mass is 10.00. The molecule has 0 aromatic heterocycles. The molecule has 0 saturated heterocycles. The van der Waals surface area contributed by atoms with Crippen LogP contribution in [0.2, 0.25) is 0 Å². The third-order valence-corrected chi connectivity index (χ3v) is 11.5. The van der Waals surface area contributed by atoms with Crippen LogP contribution in [0.3, 0.4) is 0 Å². The number of ether oxygens (including phenoxy) is 3. The summed E-state index contributed by atoms with van der Waals surface area (Å²) < 4.78 is 16.8. The molecule has 0 amide bonds. The molecule has 0 bridgehead atoms. The Labute approximate surface area is 348 Å². The van der Waals surface area contributed by atoms with Crippen LogP contribution in [-0.4, -0.2) is 37.2 Å². The van der Waals surface area contributed by atoms with Gasteiger partial charge in [-0.05, 0) is 37.0 Å². The summed E-state index contributed by atoms with van der Waals surface area (Å²) in [5.41, 5.74) is 0. The van der Waals surface area contributed by atoms with E-state index in [9.17, 15) is 14.4 Å². The number of carbonyl (C=O) groups excluding carboxylic acids is 3. The van der Waals surface area contributed by atoms with Crippen LogP contribution in [0, 0.1) is 17.8 Å². The average Bonchev–Trinajstić information content (AvgIpc) is 3.16. The maximum absolute atomic E-state index is 12.7. The van der Waals surface area contributed by atoms with E-state index >= 15 is 0 Å². The van der Waals surface area contributed by atoms with Gasteiger partial charge in [-0.2, -0.15) is 0 Å². The van der Waals surface area contributed by atoms with Crippen LogP contribution in [0.4, 0.5) is 0 Å². The minimum Gasteiger partial charge on any atom is -0.462 e. The highest BCUT2D eigenvalue weighted by molar-refractivity contribution is 5.71. The van der Waals surface area contributed by atoms with Crippen molar-refractivity contribution in [1.29, 1.82) is 0 Å². The molecule has 6 heteroatoms. The van der Waals surface area contributed by atoms with Crippen LogP contribution < -0.4 is 0 Å². The van der Waals surface area contributed by atoms with Gasteiger partial charge in [-0.3, -0.25) is 14.4 Å². The van der Waals surface area contributed by atoms with E-state index in [1.165, 1.54) is 148 Å². The van der Waals surface area contributed by atoms with Crippen LogP contribution in [0.1, 0.15) is 266 Å². The Morgan fingerprint density at radius 3 is 0.929 bits per heavy atom. The molecule has 0 aliphatic heterocycles. The quantitative estimate of drug-likeness (QED) is 0.0348. The summed E-state index contributed by atoms with van der Waals surface area (Å²) in [6, 6.07) is 0. The van der Waals surface area contributed by atoms with Gasteiger partial charge < -0.3 is 14.2 Å². The molecular weight excluding hydrogens is 697 g/mol. The van der Waals surface area contributed by atoms with Crippen LogP contribution >= 0.6 is 0 Å². The molecule has 56 heavy (non-hydrogen) atoms. The summed E-state index contributed by atoms with van der Waals surface area (Å²) >= 11 is 0. The van der Waals surface area contributed by atoms with Gasteiger partial charge in [-0.15, -0.1) is 0 Å². The molecule has 2 atom stereocenters. The van der Waals surface area contributed by atoms with Crippen molar-refractivity contribution in [2.45, 2.75) is 272 Å². The van der Waals surface area contributed by atoms with Crippen molar-refractivity contribution in [3.63, 3.8) is 0 Å². The van der Waals surface area contributed by atoms with Crippen molar-refractivity contribution in [2.24, 2.45) is 17.8 Å². The summed E-state index contributed by atoms with van der Waals surface area (Å²) in [7, 11) is 0. The summed E-state index contributed by atoms with van der Waals surface area (Å²) in [4.78, 5) is 37.8. The van der Waals surface area contributed by atoms with Crippen LogP contribution in [0.25, 0.3) is 0 Å². The molecule has 0 rings (SSSR count). The maximum atomic E-state index is 12.7. The Morgan fingerprint density at radius 2 is 0.625 bits per heavy atom. The van der Waals surface area contributed by atoms with E-state index in [-0.39, 0.29) is 31.1 Å². The van der Waals surface area contributed by atoms with Gasteiger partial charge in [0.05, 0.1) is 0 Å². The SMILES string of the molecule is CCC(C)CCCCCCCCC(=O)O[C@@H](COC(=O)CCCCCCCCCCCCCCCC(C)C)COC(=O)CCCCCCCCCCCC(C)C. The smallest absolute Gasteiger partial charge is 0.306 e. The monoisotopic (exact) mass is 793 g/mol. The van der Waals surface area contributed by atoms with Crippen molar-refractivity contribution < 1.29 is 28.6 Å². The summed E-state index contributed by atoms with van der Waals surface area (Å²) in [5.74, 6) is 1.60. The first-order chi connectivity index (χ1) is 27.1. The largest absolute Gasteiger partial charge is 0.462 e. The predicted molar refractivity (Wildman–Crippen MR) is 238 cm³/mol. The van der Waals surface area contributed by atoms with Gasteiger partial charge in [0.2, 0.25) is 0 Å². The van der Waals surface area contributed by atoms with E-state index in [1.54, 1.807) is 0 Å². The van der Waals surface area contributed by atoms with Gasteiger partial charge in [0.1, 0.15) is 13.2 Å². The Morgan fingerprint density at radius 1 is 0.357 bits per heavy atom. The predicted octanol–water partition coefficient (Wildman–Crippen LogP) is 15.6. The molecule has 1 unspecified atom stereocenters. The van der Waals surface area contributed by atoms with E-state index in [1.807, 2.05) is 0 Å². The van der Waals surface area contributed by atoms with Gasteiger partial charge in [0, 0.05) is 19.3 Å². The second-order valence-electron chi connectivity index (χ2n) is 18.3. The Balaban J connectivity index is 4.29. The number of carbonyl (C=O) groups is 3. The number of rotatable bonds is 43. The molecule has 0 aromatic rings. The standard InChI is InChI=1S/C50H96O6/c1-7-46(6)38-32-26-22-23-29-35-41-50(53)56-47(43-55-49(52)40-34-28-21-17-13-15-19-25-31-37-45(4)5)42-54-48(51)39-33-27-20-16-12-10-8-9-11-14-18-24-30-36-44(2)3/h44-47H,7-43H2,1-6H3/t46?,47-/m0/s1. The zero-order valence-corrected chi connectivity index (χ0v) is 38.4. The van der Waals surface area contributed by atoms with Gasteiger partial charge in [0.15, 0.2) is 6.10 Å². The average molecular weight is 793 g/mol. The third-order valence-electron chi connectivity index (χ3n) is 11.5. The zero-order valence-electron chi connectivity index (χ0n) is 38.4. The first kappa shape index (κ1) is 54.4. The Bertz CT molecular complexity index is 870. The van der Waals surface area contributed by atoms with Crippen LogP contribution in [-0.2, 0) is 28.6 Å². The van der Waals surface area contributed by atoms with Crippen molar-refractivity contribution in [1.82, 2.24) is 0 Å². The highest BCUT2D eigenvalue weighted by Crippen LogP contribution is 2.18. The minimum absolute atomic E-state index is 0.0660. The summed E-state index contributed by atoms with van der Waals surface area (Å²) in [5, 5.41) is 0. The molecule has 6 nitrogen and oxygen atoms in total. The maximum Gasteiger partial charge on any atom is 0.306 e. The fraction of sp³-hybridized carbons (Fsp3) is 0.940. The van der Waals surface area contributed by atoms with Gasteiger partial charge in [-0.1, -0.05) is 228 Å². The number of unbranched alkanes of at least 4 members (excludes halogenated alkanes) is 25. The van der Waals surface area contributed by atoms with Crippen molar-refractivity contribution in [3.05, 3.63) is 0 Å². The minimum atomic E-state index is -0.763. The van der Waals surface area contributed by atoms with Crippen LogP contribution in [0.15, 0.2) is 0 Å². The molecule has 0 saturated carbocycles.